The second kappa shape index (κ2) is 8.54. The first-order valence-corrected chi connectivity index (χ1v) is 8.83. The minimum absolute atomic E-state index is 0.272. The van der Waals surface area contributed by atoms with Crippen molar-refractivity contribution in [1.82, 2.24) is 4.98 Å². The van der Waals surface area contributed by atoms with Crippen molar-refractivity contribution in [2.45, 2.75) is 6.92 Å². The van der Waals surface area contributed by atoms with Crippen molar-refractivity contribution in [3.05, 3.63) is 82.6 Å². The molecule has 1 amide bonds. The Bertz CT molecular complexity index is 1020. The summed E-state index contributed by atoms with van der Waals surface area (Å²) in [7, 11) is 1.33. The van der Waals surface area contributed by atoms with Crippen LogP contribution in [0.2, 0.25) is 5.02 Å². The Morgan fingerprint density at radius 2 is 1.86 bits per heavy atom. The van der Waals surface area contributed by atoms with Crippen molar-refractivity contribution >= 4 is 40.5 Å². The molecular weight excluding hydrogens is 378 g/mol. The van der Waals surface area contributed by atoms with E-state index in [2.05, 4.69) is 15.6 Å². The number of rotatable bonds is 5. The summed E-state index contributed by atoms with van der Waals surface area (Å²) in [6, 6.07) is 15.5. The molecule has 2 aromatic carbocycles. The molecule has 2 N–H and O–H groups in total. The number of carbonyl (C=O) groups is 2. The number of amides is 1. The molecule has 1 heterocycles. The van der Waals surface area contributed by atoms with E-state index in [1.807, 2.05) is 19.1 Å². The fourth-order valence-corrected chi connectivity index (χ4v) is 2.70. The predicted octanol–water partition coefficient (Wildman–Crippen LogP) is 4.83. The summed E-state index contributed by atoms with van der Waals surface area (Å²) in [4.78, 5) is 28.2. The zero-order valence-corrected chi connectivity index (χ0v) is 16.1. The van der Waals surface area contributed by atoms with Crippen LogP contribution in [0.1, 0.15) is 26.4 Å². The van der Waals surface area contributed by atoms with Crippen molar-refractivity contribution in [1.29, 1.82) is 0 Å². The molecule has 3 aromatic rings. The Balaban J connectivity index is 1.70. The lowest BCUT2D eigenvalue weighted by Crippen LogP contribution is -2.14. The third-order valence-electron chi connectivity index (χ3n) is 4.02. The van der Waals surface area contributed by atoms with Crippen LogP contribution in [-0.2, 0) is 4.74 Å². The largest absolute Gasteiger partial charge is 0.465 e. The zero-order valence-electron chi connectivity index (χ0n) is 15.3. The van der Waals surface area contributed by atoms with Gasteiger partial charge in [0.1, 0.15) is 5.69 Å². The normalized spacial score (nSPS) is 10.2. The number of nitrogens with zero attached hydrogens (tertiary/aromatic N) is 1. The van der Waals surface area contributed by atoms with Crippen molar-refractivity contribution in [2.24, 2.45) is 0 Å². The third-order valence-corrected chi connectivity index (χ3v) is 4.25. The van der Waals surface area contributed by atoms with Gasteiger partial charge in [0, 0.05) is 16.4 Å². The molecule has 0 saturated carbocycles. The van der Waals surface area contributed by atoms with Gasteiger partial charge in [-0.1, -0.05) is 23.7 Å². The first kappa shape index (κ1) is 19.4. The maximum absolute atomic E-state index is 12.4. The van der Waals surface area contributed by atoms with Crippen molar-refractivity contribution in [2.75, 3.05) is 17.7 Å². The van der Waals surface area contributed by atoms with Crippen LogP contribution >= 0.6 is 11.6 Å². The van der Waals surface area contributed by atoms with E-state index in [-0.39, 0.29) is 11.6 Å². The lowest BCUT2D eigenvalue weighted by Gasteiger charge is -2.10. The minimum atomic E-state index is -0.412. The molecule has 0 fully saturated rings. The second-order valence-corrected chi connectivity index (χ2v) is 6.48. The molecule has 142 valence electrons. The number of methoxy groups -OCH3 is 1. The van der Waals surface area contributed by atoms with E-state index in [4.69, 9.17) is 16.3 Å². The van der Waals surface area contributed by atoms with Crippen molar-refractivity contribution in [3.8, 4) is 0 Å². The van der Waals surface area contributed by atoms with Gasteiger partial charge in [0.05, 0.1) is 24.6 Å². The van der Waals surface area contributed by atoms with Crippen LogP contribution in [0, 0.1) is 6.92 Å². The Morgan fingerprint density at radius 3 is 2.57 bits per heavy atom. The van der Waals surface area contributed by atoms with Crippen LogP contribution in [0.3, 0.4) is 0 Å². The topological polar surface area (TPSA) is 80.3 Å². The molecule has 0 aliphatic rings. The van der Waals surface area contributed by atoms with Crippen LogP contribution in [0.25, 0.3) is 0 Å². The second-order valence-electron chi connectivity index (χ2n) is 6.04. The maximum atomic E-state index is 12.4. The number of aromatic nitrogens is 1. The average molecular weight is 396 g/mol. The lowest BCUT2D eigenvalue weighted by molar-refractivity contribution is 0.0600. The van der Waals surface area contributed by atoms with E-state index in [0.717, 1.165) is 5.56 Å². The van der Waals surface area contributed by atoms with Crippen molar-refractivity contribution in [3.63, 3.8) is 0 Å². The molecule has 0 atom stereocenters. The van der Waals surface area contributed by atoms with Crippen molar-refractivity contribution < 1.29 is 14.3 Å². The summed E-state index contributed by atoms with van der Waals surface area (Å²) in [5.41, 5.74) is 3.64. The number of carbonyl (C=O) groups excluding carboxylic acids is 2. The maximum Gasteiger partial charge on any atom is 0.337 e. The minimum Gasteiger partial charge on any atom is -0.465 e. The number of ether oxygens (including phenoxy) is 1. The molecule has 3 rings (SSSR count). The number of nitrogens with one attached hydrogen (secondary N) is 2. The van der Waals surface area contributed by atoms with Gasteiger partial charge in [-0.25, -0.2) is 9.78 Å². The quantitative estimate of drug-likeness (QED) is 0.605. The fraction of sp³-hybridized carbons (Fsp3) is 0.0952. The Labute approximate surface area is 167 Å². The molecule has 0 aliphatic heterocycles. The van der Waals surface area contributed by atoms with Crippen LogP contribution in [0.4, 0.5) is 17.1 Å². The number of esters is 1. The van der Waals surface area contributed by atoms with Gasteiger partial charge >= 0.3 is 5.97 Å². The van der Waals surface area contributed by atoms with E-state index in [9.17, 15) is 9.59 Å². The molecule has 6 nitrogen and oxygen atoms in total. The van der Waals surface area contributed by atoms with Gasteiger partial charge in [0.2, 0.25) is 0 Å². The molecule has 0 saturated heterocycles. The molecule has 0 aliphatic carbocycles. The van der Waals surface area contributed by atoms with Gasteiger partial charge < -0.3 is 15.4 Å². The molecule has 0 bridgehead atoms. The number of benzene rings is 2. The Hall–Kier alpha value is -3.38. The summed E-state index contributed by atoms with van der Waals surface area (Å²) >= 11 is 5.98. The number of hydrogen-bond acceptors (Lipinski definition) is 5. The molecule has 28 heavy (non-hydrogen) atoms. The highest BCUT2D eigenvalue weighted by Gasteiger charge is 2.10. The summed E-state index contributed by atoms with van der Waals surface area (Å²) in [6.07, 6.45) is 1.55. The molecule has 0 spiro atoms. The third kappa shape index (κ3) is 4.66. The van der Waals surface area contributed by atoms with Crippen LogP contribution in [0.15, 0.2) is 60.8 Å². The van der Waals surface area contributed by atoms with Crippen LogP contribution < -0.4 is 10.6 Å². The smallest absolute Gasteiger partial charge is 0.337 e. The van der Waals surface area contributed by atoms with E-state index < -0.39 is 5.97 Å². The van der Waals surface area contributed by atoms with Gasteiger partial charge in [-0.05, 0) is 55.0 Å². The van der Waals surface area contributed by atoms with Gasteiger partial charge in [0.15, 0.2) is 0 Å². The number of pyridine rings is 1. The molecule has 1 aromatic heterocycles. The highest BCUT2D eigenvalue weighted by molar-refractivity contribution is 6.31. The summed E-state index contributed by atoms with van der Waals surface area (Å²) in [6.45, 7) is 1.88. The van der Waals surface area contributed by atoms with Crippen LogP contribution in [-0.4, -0.2) is 24.0 Å². The van der Waals surface area contributed by atoms with Gasteiger partial charge in [0.25, 0.3) is 5.91 Å². The molecule has 0 unspecified atom stereocenters. The standard InChI is InChI=1S/C21H18ClN3O3/c1-13-6-7-15(22)11-19(13)25-20(26)18-9-8-17(12-23-18)24-16-5-3-4-14(10-16)21(27)28-2/h3-12,24H,1-2H3,(H,25,26). The van der Waals surface area contributed by atoms with Gasteiger partial charge in [-0.3, -0.25) is 4.79 Å². The van der Waals surface area contributed by atoms with Gasteiger partial charge in [-0.15, -0.1) is 0 Å². The first-order chi connectivity index (χ1) is 13.5. The fourth-order valence-electron chi connectivity index (χ4n) is 2.53. The zero-order chi connectivity index (χ0) is 20.1. The average Bonchev–Trinajstić information content (AvgIpc) is 2.71. The Morgan fingerprint density at radius 1 is 1.04 bits per heavy atom. The monoisotopic (exact) mass is 395 g/mol. The summed E-state index contributed by atoms with van der Waals surface area (Å²) in [5, 5.41) is 6.49. The van der Waals surface area contributed by atoms with Gasteiger partial charge in [-0.2, -0.15) is 0 Å². The number of aryl methyl sites for hydroxylation is 1. The number of hydrogen-bond donors (Lipinski definition) is 2. The molecular formula is C21H18ClN3O3. The van der Waals surface area contributed by atoms with E-state index in [1.54, 1.807) is 48.7 Å². The van der Waals surface area contributed by atoms with Crippen LogP contribution in [0.5, 0.6) is 0 Å². The van der Waals surface area contributed by atoms with E-state index in [1.165, 1.54) is 7.11 Å². The highest BCUT2D eigenvalue weighted by atomic mass is 35.5. The lowest BCUT2D eigenvalue weighted by atomic mass is 10.2. The first-order valence-electron chi connectivity index (χ1n) is 8.45. The van der Waals surface area contributed by atoms with E-state index >= 15 is 0 Å². The highest BCUT2D eigenvalue weighted by Crippen LogP contribution is 2.21. The Kier molecular flexibility index (Phi) is 5.91. The molecule has 7 heteroatoms. The number of halogens is 1. The SMILES string of the molecule is COC(=O)c1cccc(Nc2ccc(C(=O)Nc3cc(Cl)ccc3C)nc2)c1. The predicted molar refractivity (Wildman–Crippen MR) is 109 cm³/mol. The number of anilines is 3. The molecule has 0 radical (unpaired) electrons. The summed E-state index contributed by atoms with van der Waals surface area (Å²) in [5.74, 6) is -0.741. The summed E-state index contributed by atoms with van der Waals surface area (Å²) < 4.78 is 4.72. The van der Waals surface area contributed by atoms with E-state index in [0.29, 0.717) is 27.6 Å².